The summed E-state index contributed by atoms with van der Waals surface area (Å²) in [5.41, 5.74) is 0.595. The van der Waals surface area contributed by atoms with Gasteiger partial charge in [0.25, 0.3) is 5.91 Å². The SMILES string of the molecule is CO[C@H]1CC[C@H]2CCN(C)C(=O)[C@H](C)N(C)C(=O)c3cc(C#N)ccc3OC[C@H]1O2. The molecule has 0 aliphatic carbocycles. The molecule has 0 aromatic heterocycles. The lowest BCUT2D eigenvalue weighted by Gasteiger charge is -2.37. The number of ether oxygens (including phenoxy) is 3. The number of methoxy groups -OCH3 is 1. The number of nitriles is 1. The molecule has 2 bridgehead atoms. The summed E-state index contributed by atoms with van der Waals surface area (Å²) in [6.07, 6.45) is 2.03. The molecule has 2 aliphatic rings. The first kappa shape index (κ1) is 22.1. The molecule has 30 heavy (non-hydrogen) atoms. The Hall–Kier alpha value is -2.63. The Morgan fingerprint density at radius 3 is 2.67 bits per heavy atom. The number of likely N-dealkylation sites (N-methyl/N-ethyl adjacent to an activating group) is 2. The van der Waals surface area contributed by atoms with Crippen LogP contribution in [0, 0.1) is 11.3 Å². The van der Waals surface area contributed by atoms with Gasteiger partial charge in [-0.15, -0.1) is 0 Å². The molecule has 0 unspecified atom stereocenters. The Bertz CT molecular complexity index is 837. The van der Waals surface area contributed by atoms with E-state index in [1.54, 1.807) is 45.2 Å². The van der Waals surface area contributed by atoms with E-state index in [4.69, 9.17) is 14.2 Å². The fourth-order valence-corrected chi connectivity index (χ4v) is 3.93. The Balaban J connectivity index is 1.98. The summed E-state index contributed by atoms with van der Waals surface area (Å²) < 4.78 is 17.8. The molecule has 0 N–H and O–H groups in total. The molecule has 8 heteroatoms. The van der Waals surface area contributed by atoms with Gasteiger partial charge in [0.05, 0.1) is 29.4 Å². The normalized spacial score (nSPS) is 28.2. The molecular weight excluding hydrogens is 386 g/mol. The van der Waals surface area contributed by atoms with Gasteiger partial charge in [0.15, 0.2) is 0 Å². The van der Waals surface area contributed by atoms with Crippen LogP contribution in [0.25, 0.3) is 0 Å². The minimum atomic E-state index is -0.651. The fraction of sp³-hybridized carbons (Fsp3) is 0.591. The highest BCUT2D eigenvalue weighted by Crippen LogP contribution is 2.28. The van der Waals surface area contributed by atoms with Crippen LogP contribution in [0.1, 0.15) is 42.1 Å². The Morgan fingerprint density at radius 2 is 1.97 bits per heavy atom. The van der Waals surface area contributed by atoms with Gasteiger partial charge in [-0.3, -0.25) is 9.59 Å². The van der Waals surface area contributed by atoms with Crippen molar-refractivity contribution in [3.05, 3.63) is 29.3 Å². The zero-order valence-corrected chi connectivity index (χ0v) is 18.0. The first-order chi connectivity index (χ1) is 14.3. The highest BCUT2D eigenvalue weighted by molar-refractivity contribution is 5.99. The summed E-state index contributed by atoms with van der Waals surface area (Å²) in [7, 11) is 4.98. The number of nitrogens with zero attached hydrogens (tertiary/aromatic N) is 3. The van der Waals surface area contributed by atoms with E-state index in [-0.39, 0.29) is 42.3 Å². The maximum absolute atomic E-state index is 13.2. The maximum atomic E-state index is 13.2. The largest absolute Gasteiger partial charge is 0.490 e. The molecule has 0 saturated carbocycles. The zero-order valence-electron chi connectivity index (χ0n) is 18.0. The molecule has 1 fully saturated rings. The second kappa shape index (κ2) is 9.45. The summed E-state index contributed by atoms with van der Waals surface area (Å²) in [5.74, 6) is -0.167. The number of carbonyl (C=O) groups excluding carboxylic acids is 2. The summed E-state index contributed by atoms with van der Waals surface area (Å²) >= 11 is 0. The second-order valence-corrected chi connectivity index (χ2v) is 7.92. The van der Waals surface area contributed by atoms with Gasteiger partial charge in [0, 0.05) is 27.7 Å². The summed E-state index contributed by atoms with van der Waals surface area (Å²) in [6.45, 7) is 2.47. The van der Waals surface area contributed by atoms with Crippen LogP contribution in [-0.4, -0.2) is 80.3 Å². The number of carbonyl (C=O) groups is 2. The van der Waals surface area contributed by atoms with E-state index in [2.05, 4.69) is 0 Å². The van der Waals surface area contributed by atoms with E-state index in [1.807, 2.05) is 6.07 Å². The highest BCUT2D eigenvalue weighted by atomic mass is 16.6. The number of fused-ring (bicyclic) bond motifs is 3. The molecule has 4 atom stereocenters. The Labute approximate surface area is 177 Å². The zero-order chi connectivity index (χ0) is 21.8. The summed E-state index contributed by atoms with van der Waals surface area (Å²) in [6, 6.07) is 6.12. The molecule has 0 radical (unpaired) electrons. The summed E-state index contributed by atoms with van der Waals surface area (Å²) in [4.78, 5) is 29.1. The third kappa shape index (κ3) is 4.58. The molecule has 2 amide bonds. The van der Waals surface area contributed by atoms with E-state index < -0.39 is 6.04 Å². The molecular formula is C22H29N3O5. The third-order valence-electron chi connectivity index (χ3n) is 6.02. The van der Waals surface area contributed by atoms with E-state index in [9.17, 15) is 14.9 Å². The van der Waals surface area contributed by atoms with Crippen molar-refractivity contribution in [1.29, 1.82) is 5.26 Å². The lowest BCUT2D eigenvalue weighted by Crippen LogP contribution is -2.48. The number of hydrogen-bond donors (Lipinski definition) is 0. The van der Waals surface area contributed by atoms with Crippen LogP contribution in [0.2, 0.25) is 0 Å². The van der Waals surface area contributed by atoms with Crippen molar-refractivity contribution in [1.82, 2.24) is 9.80 Å². The quantitative estimate of drug-likeness (QED) is 0.695. The molecule has 3 rings (SSSR count). The predicted octanol–water partition coefficient (Wildman–Crippen LogP) is 1.82. The van der Waals surface area contributed by atoms with Gasteiger partial charge in [0.1, 0.15) is 24.5 Å². The number of benzene rings is 1. The van der Waals surface area contributed by atoms with Crippen molar-refractivity contribution >= 4 is 11.8 Å². The van der Waals surface area contributed by atoms with Crippen molar-refractivity contribution in [2.24, 2.45) is 0 Å². The van der Waals surface area contributed by atoms with Gasteiger partial charge in [-0.25, -0.2) is 0 Å². The average Bonchev–Trinajstić information content (AvgIpc) is 2.78. The van der Waals surface area contributed by atoms with Crippen molar-refractivity contribution < 1.29 is 23.8 Å². The van der Waals surface area contributed by atoms with Crippen LogP contribution < -0.4 is 4.74 Å². The standard InChI is InChI=1S/C22H29N3O5/c1-14-21(26)24(2)10-9-16-6-8-19(28-4)20(30-16)13-29-18-7-5-15(12-23)11-17(18)22(27)25(14)3/h5,7,11,14,16,19-20H,6,8-10,13H2,1-4H3/t14-,16-,19-,20+/m0/s1. The van der Waals surface area contributed by atoms with Crippen LogP contribution in [0.3, 0.4) is 0 Å². The molecule has 8 nitrogen and oxygen atoms in total. The van der Waals surface area contributed by atoms with Gasteiger partial charge in [-0.05, 0) is 44.4 Å². The van der Waals surface area contributed by atoms with Crippen LogP contribution in [0.4, 0.5) is 0 Å². The smallest absolute Gasteiger partial charge is 0.258 e. The van der Waals surface area contributed by atoms with Crippen LogP contribution in [0.5, 0.6) is 5.75 Å². The van der Waals surface area contributed by atoms with E-state index >= 15 is 0 Å². The average molecular weight is 415 g/mol. The lowest BCUT2D eigenvalue weighted by atomic mass is 9.99. The van der Waals surface area contributed by atoms with E-state index in [0.717, 1.165) is 12.8 Å². The van der Waals surface area contributed by atoms with Gasteiger partial charge in [-0.2, -0.15) is 5.26 Å². The second-order valence-electron chi connectivity index (χ2n) is 7.92. The van der Waals surface area contributed by atoms with Gasteiger partial charge >= 0.3 is 0 Å². The fourth-order valence-electron chi connectivity index (χ4n) is 3.93. The minimum Gasteiger partial charge on any atom is -0.490 e. The third-order valence-corrected chi connectivity index (χ3v) is 6.02. The first-order valence-corrected chi connectivity index (χ1v) is 10.2. The van der Waals surface area contributed by atoms with Crippen molar-refractivity contribution in [2.75, 3.05) is 34.4 Å². The molecule has 1 saturated heterocycles. The molecule has 1 aromatic rings. The molecule has 2 heterocycles. The number of rotatable bonds is 1. The predicted molar refractivity (Wildman–Crippen MR) is 109 cm³/mol. The summed E-state index contributed by atoms with van der Waals surface area (Å²) in [5, 5.41) is 9.27. The minimum absolute atomic E-state index is 0.0123. The van der Waals surface area contributed by atoms with Crippen molar-refractivity contribution in [3.8, 4) is 11.8 Å². The first-order valence-electron chi connectivity index (χ1n) is 10.2. The Kier molecular flexibility index (Phi) is 6.95. The van der Waals surface area contributed by atoms with Gasteiger partial charge < -0.3 is 24.0 Å². The molecule has 162 valence electrons. The van der Waals surface area contributed by atoms with Crippen LogP contribution in [-0.2, 0) is 14.3 Å². The van der Waals surface area contributed by atoms with Gasteiger partial charge in [0.2, 0.25) is 5.91 Å². The van der Waals surface area contributed by atoms with Crippen molar-refractivity contribution in [2.45, 2.75) is 50.5 Å². The number of amides is 2. The topological polar surface area (TPSA) is 92.1 Å². The maximum Gasteiger partial charge on any atom is 0.258 e. The van der Waals surface area contributed by atoms with E-state index in [0.29, 0.717) is 24.3 Å². The monoisotopic (exact) mass is 415 g/mol. The Morgan fingerprint density at radius 1 is 1.20 bits per heavy atom. The lowest BCUT2D eigenvalue weighted by molar-refractivity contribution is -0.146. The van der Waals surface area contributed by atoms with E-state index in [1.165, 1.54) is 11.0 Å². The van der Waals surface area contributed by atoms with Crippen LogP contribution in [0.15, 0.2) is 18.2 Å². The molecule has 2 aliphatic heterocycles. The molecule has 0 spiro atoms. The van der Waals surface area contributed by atoms with Gasteiger partial charge in [-0.1, -0.05) is 0 Å². The highest BCUT2D eigenvalue weighted by Gasteiger charge is 2.34. The van der Waals surface area contributed by atoms with Crippen molar-refractivity contribution in [3.63, 3.8) is 0 Å². The van der Waals surface area contributed by atoms with Crippen LogP contribution >= 0.6 is 0 Å². The number of hydrogen-bond acceptors (Lipinski definition) is 6. The molecule has 1 aromatic carbocycles.